The van der Waals surface area contributed by atoms with Gasteiger partial charge in [-0.1, -0.05) is 12.7 Å². The van der Waals surface area contributed by atoms with Crippen LogP contribution in [0.3, 0.4) is 0 Å². The van der Waals surface area contributed by atoms with Crippen LogP contribution >= 0.6 is 0 Å². The fourth-order valence-electron chi connectivity index (χ4n) is 6.72. The van der Waals surface area contributed by atoms with Gasteiger partial charge in [0.05, 0.1) is 24.8 Å². The molecule has 3 saturated heterocycles. The van der Waals surface area contributed by atoms with Crippen molar-refractivity contribution in [2.75, 3.05) is 52.6 Å². The Balaban J connectivity index is 1.27. The van der Waals surface area contributed by atoms with Crippen LogP contribution < -0.4 is 11.1 Å². The second-order valence-electron chi connectivity index (χ2n) is 12.7. The smallest absolute Gasteiger partial charge is 0.390 e. The van der Waals surface area contributed by atoms with Crippen molar-refractivity contribution in [3.63, 3.8) is 0 Å². The van der Waals surface area contributed by atoms with Gasteiger partial charge >= 0.3 is 6.18 Å². The van der Waals surface area contributed by atoms with E-state index in [9.17, 15) is 26.4 Å². The van der Waals surface area contributed by atoms with Crippen molar-refractivity contribution in [1.29, 1.82) is 0 Å². The SMILES string of the molecule is C=C(NC[C@H]1CCC[C@@H](C2C=CC(C(F)(F)F)=NC2)O1)/C(C)=C(\N=C/N)C(=O)N1CCC(N2CCC(N(C)S(C)(=O)=O)CC2)CC1. The van der Waals surface area contributed by atoms with E-state index in [4.69, 9.17) is 10.5 Å². The molecular formula is C31H48F3N7O4S. The number of allylic oxidation sites excluding steroid dienone is 2. The first kappa shape index (κ1) is 36.1. The largest absolute Gasteiger partial charge is 0.432 e. The van der Waals surface area contributed by atoms with Crippen LogP contribution in [0.4, 0.5) is 13.2 Å². The van der Waals surface area contributed by atoms with Crippen molar-refractivity contribution < 1.29 is 31.1 Å². The molecule has 11 nitrogen and oxygen atoms in total. The number of sulfonamides is 1. The van der Waals surface area contributed by atoms with Crippen molar-refractivity contribution in [3.8, 4) is 0 Å². The lowest BCUT2D eigenvalue weighted by Crippen LogP contribution is -2.52. The Hall–Kier alpha value is -2.75. The minimum atomic E-state index is -4.45. The number of hydrogen-bond donors (Lipinski definition) is 2. The van der Waals surface area contributed by atoms with Gasteiger partial charge in [-0.2, -0.15) is 13.2 Å². The number of likely N-dealkylation sites (tertiary alicyclic amines) is 2. The number of halogens is 3. The van der Waals surface area contributed by atoms with Crippen molar-refractivity contribution in [3.05, 3.63) is 35.7 Å². The standard InChI is InChI=1S/C31H48F3N7O4S/c1-21(22(2)36-19-26-6-5-7-27(45-26)23-8-9-28(37-18-23)31(32,33)34)29(38-20-35)30(42)41-16-12-25(13-17-41)40-14-10-24(11-15-40)39(3)46(4,43)44/h8-9,20,23-27,36H,2,5-7,10-19H2,1,3-4H3,(H2,35,38)/b29-21-/t23?,26-,27+/m1/s1. The second-order valence-corrected chi connectivity index (χ2v) is 14.7. The third kappa shape index (κ3) is 9.20. The Morgan fingerprint density at radius 1 is 1.20 bits per heavy atom. The highest BCUT2D eigenvalue weighted by Gasteiger charge is 2.37. The maximum atomic E-state index is 13.6. The predicted molar refractivity (Wildman–Crippen MR) is 173 cm³/mol. The summed E-state index contributed by atoms with van der Waals surface area (Å²) in [6, 6.07) is 0.350. The Kier molecular flexibility index (Phi) is 12.1. The highest BCUT2D eigenvalue weighted by Crippen LogP contribution is 2.30. The summed E-state index contributed by atoms with van der Waals surface area (Å²) >= 11 is 0. The number of carbonyl (C=O) groups excluding carboxylic acids is 1. The third-order valence-corrected chi connectivity index (χ3v) is 11.0. The Morgan fingerprint density at radius 3 is 2.43 bits per heavy atom. The van der Waals surface area contributed by atoms with Crippen LogP contribution in [-0.2, 0) is 19.6 Å². The molecular weight excluding hydrogens is 623 g/mol. The molecule has 1 unspecified atom stereocenters. The summed E-state index contributed by atoms with van der Waals surface area (Å²) in [5.41, 5.74) is 6.09. The zero-order valence-corrected chi connectivity index (χ0v) is 27.8. The fourth-order valence-corrected chi connectivity index (χ4v) is 7.47. The number of ether oxygens (including phenoxy) is 1. The van der Waals surface area contributed by atoms with E-state index in [0.717, 1.165) is 70.4 Å². The van der Waals surface area contributed by atoms with E-state index in [-0.39, 0.29) is 42.3 Å². The summed E-state index contributed by atoms with van der Waals surface area (Å²) in [5.74, 6) is -0.426. The minimum absolute atomic E-state index is 0.0180. The zero-order valence-electron chi connectivity index (χ0n) is 27.0. The van der Waals surface area contributed by atoms with Crippen LogP contribution in [0, 0.1) is 5.92 Å². The summed E-state index contributed by atoms with van der Waals surface area (Å²) in [6.07, 6.45) is 5.73. The van der Waals surface area contributed by atoms with Gasteiger partial charge in [-0.05, 0) is 71.0 Å². The molecule has 0 radical (unpaired) electrons. The normalized spacial score (nSPS) is 26.7. The van der Waals surface area contributed by atoms with E-state index in [1.165, 1.54) is 10.6 Å². The van der Waals surface area contributed by atoms with Gasteiger partial charge in [-0.3, -0.25) is 9.79 Å². The van der Waals surface area contributed by atoms with E-state index in [0.29, 0.717) is 36.9 Å². The lowest BCUT2D eigenvalue weighted by molar-refractivity contribution is -0.128. The Labute approximate surface area is 270 Å². The maximum Gasteiger partial charge on any atom is 0.432 e. The average molecular weight is 672 g/mol. The van der Waals surface area contributed by atoms with Gasteiger partial charge in [0.25, 0.3) is 5.91 Å². The maximum absolute atomic E-state index is 13.6. The van der Waals surface area contributed by atoms with Gasteiger partial charge in [0.1, 0.15) is 11.4 Å². The number of carbonyl (C=O) groups is 1. The molecule has 4 rings (SSSR count). The predicted octanol–water partition coefficient (Wildman–Crippen LogP) is 2.82. The molecule has 3 atom stereocenters. The minimum Gasteiger partial charge on any atom is -0.390 e. The first-order valence-corrected chi connectivity index (χ1v) is 17.8. The van der Waals surface area contributed by atoms with Crippen molar-refractivity contribution in [2.24, 2.45) is 21.6 Å². The Morgan fingerprint density at radius 2 is 1.87 bits per heavy atom. The number of piperidine rings is 2. The third-order valence-electron chi connectivity index (χ3n) is 9.69. The molecule has 4 aliphatic heterocycles. The van der Waals surface area contributed by atoms with Crippen LogP contribution in [-0.4, -0.2) is 124 Å². The highest BCUT2D eigenvalue weighted by molar-refractivity contribution is 7.88. The molecule has 3 fully saturated rings. The molecule has 0 aromatic rings. The molecule has 0 aliphatic carbocycles. The van der Waals surface area contributed by atoms with Crippen LogP contribution in [0.1, 0.15) is 51.9 Å². The van der Waals surface area contributed by atoms with E-state index >= 15 is 0 Å². The van der Waals surface area contributed by atoms with Gasteiger partial charge in [-0.15, -0.1) is 0 Å². The molecule has 0 bridgehead atoms. The molecule has 15 heteroatoms. The molecule has 258 valence electrons. The zero-order chi connectivity index (χ0) is 33.6. The molecule has 0 aromatic carbocycles. The molecule has 0 spiro atoms. The lowest BCUT2D eigenvalue weighted by Gasteiger charge is -2.43. The van der Waals surface area contributed by atoms with Gasteiger partial charge in [0.15, 0.2) is 0 Å². The van der Waals surface area contributed by atoms with Crippen LogP contribution in [0.15, 0.2) is 45.7 Å². The van der Waals surface area contributed by atoms with E-state index in [1.54, 1.807) is 24.9 Å². The first-order chi connectivity index (χ1) is 21.7. The summed E-state index contributed by atoms with van der Waals surface area (Å²) in [7, 11) is -1.57. The van der Waals surface area contributed by atoms with Crippen molar-refractivity contribution in [2.45, 2.75) is 82.3 Å². The van der Waals surface area contributed by atoms with Crippen LogP contribution in [0.2, 0.25) is 0 Å². The number of alkyl halides is 3. The summed E-state index contributed by atoms with van der Waals surface area (Å²) < 4.78 is 70.3. The van der Waals surface area contributed by atoms with Crippen LogP contribution in [0.5, 0.6) is 0 Å². The molecule has 4 heterocycles. The number of amides is 1. The summed E-state index contributed by atoms with van der Waals surface area (Å²) in [4.78, 5) is 25.7. The van der Waals surface area contributed by atoms with Gasteiger partial charge < -0.3 is 25.6 Å². The fraction of sp³-hybridized carbons (Fsp3) is 0.710. The quantitative estimate of drug-likeness (QED) is 0.158. The number of nitrogens with one attached hydrogen (secondary N) is 1. The number of dihydropyridines is 1. The molecule has 1 amide bonds. The van der Waals surface area contributed by atoms with Crippen LogP contribution in [0.25, 0.3) is 0 Å². The highest BCUT2D eigenvalue weighted by atomic mass is 32.2. The average Bonchev–Trinajstić information content (AvgIpc) is 3.04. The first-order valence-electron chi connectivity index (χ1n) is 16.0. The second kappa shape index (κ2) is 15.4. The topological polar surface area (TPSA) is 133 Å². The molecule has 3 N–H and O–H groups in total. The summed E-state index contributed by atoms with van der Waals surface area (Å²) in [6.45, 7) is 9.17. The van der Waals surface area contributed by atoms with Gasteiger partial charge in [0.2, 0.25) is 10.0 Å². The summed E-state index contributed by atoms with van der Waals surface area (Å²) in [5, 5.41) is 3.27. The number of aliphatic imine (C=N–C) groups is 2. The van der Waals surface area contributed by atoms with Crippen molar-refractivity contribution >= 4 is 28.0 Å². The number of nitrogens with two attached hydrogens (primary N) is 1. The van der Waals surface area contributed by atoms with Gasteiger partial charge in [0, 0.05) is 62.5 Å². The monoisotopic (exact) mass is 671 g/mol. The van der Waals surface area contributed by atoms with Crippen molar-refractivity contribution in [1.82, 2.24) is 19.4 Å². The molecule has 4 aliphatic rings. The van der Waals surface area contributed by atoms with E-state index in [1.807, 2.05) is 0 Å². The van der Waals surface area contributed by atoms with E-state index < -0.39 is 21.9 Å². The van der Waals surface area contributed by atoms with E-state index in [2.05, 4.69) is 26.8 Å². The Bertz CT molecular complexity index is 1330. The molecule has 0 aromatic heterocycles. The lowest BCUT2D eigenvalue weighted by atomic mass is 9.91. The molecule has 0 saturated carbocycles. The number of hydrogen-bond acceptors (Lipinski definition) is 8. The number of rotatable bonds is 10. The number of nitrogens with zero attached hydrogens (tertiary/aromatic N) is 5. The van der Waals surface area contributed by atoms with Gasteiger partial charge in [-0.25, -0.2) is 17.7 Å². The molecule has 46 heavy (non-hydrogen) atoms.